The molecule has 5 rings (SSSR count). The number of carbonyl (C=O) groups is 1. The SMILES string of the molecule is CC1(C)N=C2C(=O)c3c([nH]c4ccccc34)[C@]3(C)CC[C@H]1C[C@H]23. The Hall–Kier alpha value is -1.90. The number of para-hydroxylation sites is 1. The van der Waals surface area contributed by atoms with E-state index < -0.39 is 0 Å². The summed E-state index contributed by atoms with van der Waals surface area (Å²) >= 11 is 0. The first-order valence-corrected chi connectivity index (χ1v) is 8.67. The van der Waals surface area contributed by atoms with Gasteiger partial charge in [-0.25, -0.2) is 0 Å². The van der Waals surface area contributed by atoms with Gasteiger partial charge in [-0.1, -0.05) is 25.1 Å². The van der Waals surface area contributed by atoms with E-state index in [1.165, 1.54) is 6.42 Å². The third-order valence-electron chi connectivity index (χ3n) is 6.78. The molecule has 0 radical (unpaired) electrons. The number of hydrogen-bond donors (Lipinski definition) is 1. The monoisotopic (exact) mass is 306 g/mol. The van der Waals surface area contributed by atoms with Crippen LogP contribution in [-0.2, 0) is 5.41 Å². The summed E-state index contributed by atoms with van der Waals surface area (Å²) in [5, 5.41) is 1.06. The molecule has 2 aliphatic carbocycles. The molecule has 3 heteroatoms. The van der Waals surface area contributed by atoms with Crippen LogP contribution in [0.4, 0.5) is 0 Å². The Kier molecular flexibility index (Phi) is 2.32. The van der Waals surface area contributed by atoms with Gasteiger partial charge in [0.25, 0.3) is 0 Å². The largest absolute Gasteiger partial charge is 0.357 e. The number of aromatic amines is 1. The number of fused-ring (bicyclic) bond motifs is 5. The molecule has 0 amide bonds. The third kappa shape index (κ3) is 1.51. The number of nitrogens with one attached hydrogen (secondary N) is 1. The molecule has 0 unspecified atom stereocenters. The van der Waals surface area contributed by atoms with E-state index in [1.54, 1.807) is 0 Å². The van der Waals surface area contributed by atoms with Crippen molar-refractivity contribution in [1.82, 2.24) is 4.98 Å². The zero-order valence-electron chi connectivity index (χ0n) is 13.9. The molecule has 1 aromatic heterocycles. The predicted octanol–water partition coefficient (Wildman–Crippen LogP) is 4.27. The summed E-state index contributed by atoms with van der Waals surface area (Å²) in [4.78, 5) is 21.9. The molecule has 0 saturated heterocycles. The van der Waals surface area contributed by atoms with Gasteiger partial charge in [-0.05, 0) is 45.1 Å². The number of H-pyrrole nitrogens is 1. The van der Waals surface area contributed by atoms with Crippen LogP contribution in [0.1, 0.15) is 56.1 Å². The Morgan fingerprint density at radius 1 is 1.22 bits per heavy atom. The number of aliphatic imine (C=N–C) groups is 1. The lowest BCUT2D eigenvalue weighted by molar-refractivity contribution is 0.0940. The quantitative estimate of drug-likeness (QED) is 0.776. The minimum absolute atomic E-state index is 0.0219. The Morgan fingerprint density at radius 3 is 2.83 bits per heavy atom. The van der Waals surface area contributed by atoms with Crippen molar-refractivity contribution in [1.29, 1.82) is 0 Å². The highest BCUT2D eigenvalue weighted by atomic mass is 16.1. The zero-order chi connectivity index (χ0) is 16.0. The molecule has 2 bridgehead atoms. The molecule has 23 heavy (non-hydrogen) atoms. The molecular formula is C20H22N2O. The van der Waals surface area contributed by atoms with Crippen LogP contribution in [0.3, 0.4) is 0 Å². The lowest BCUT2D eigenvalue weighted by Crippen LogP contribution is -2.55. The van der Waals surface area contributed by atoms with Crippen LogP contribution in [0.25, 0.3) is 10.9 Å². The molecule has 3 nitrogen and oxygen atoms in total. The number of aromatic nitrogens is 1. The average Bonchev–Trinajstić information content (AvgIpc) is 2.92. The molecule has 1 aliphatic heterocycles. The molecule has 3 atom stereocenters. The summed E-state index contributed by atoms with van der Waals surface area (Å²) in [7, 11) is 0. The molecule has 1 saturated carbocycles. The summed E-state index contributed by atoms with van der Waals surface area (Å²) < 4.78 is 0. The minimum atomic E-state index is -0.105. The van der Waals surface area contributed by atoms with Crippen LogP contribution >= 0.6 is 0 Å². The lowest BCUT2D eigenvalue weighted by atomic mass is 9.53. The van der Waals surface area contributed by atoms with Crippen molar-refractivity contribution < 1.29 is 4.79 Å². The minimum Gasteiger partial charge on any atom is -0.357 e. The second-order valence-electron chi connectivity index (χ2n) is 8.34. The fourth-order valence-corrected chi connectivity index (χ4v) is 5.29. The summed E-state index contributed by atoms with van der Waals surface area (Å²) in [6.07, 6.45) is 3.43. The first-order valence-electron chi connectivity index (χ1n) is 8.67. The molecule has 1 N–H and O–H groups in total. The van der Waals surface area contributed by atoms with Crippen molar-refractivity contribution in [3.63, 3.8) is 0 Å². The Balaban J connectivity index is 1.87. The number of benzene rings is 1. The fraction of sp³-hybridized carbons (Fsp3) is 0.500. The molecule has 3 aliphatic rings. The van der Waals surface area contributed by atoms with Crippen molar-refractivity contribution in [3.05, 3.63) is 35.5 Å². The van der Waals surface area contributed by atoms with Crippen LogP contribution in [0.5, 0.6) is 0 Å². The second-order valence-corrected chi connectivity index (χ2v) is 8.34. The van der Waals surface area contributed by atoms with Gasteiger partial charge in [-0.2, -0.15) is 0 Å². The topological polar surface area (TPSA) is 45.2 Å². The van der Waals surface area contributed by atoms with E-state index in [0.717, 1.165) is 40.7 Å². The molecule has 2 heterocycles. The number of nitrogens with zero attached hydrogens (tertiary/aromatic N) is 1. The van der Waals surface area contributed by atoms with Gasteiger partial charge in [0.15, 0.2) is 0 Å². The van der Waals surface area contributed by atoms with E-state index >= 15 is 0 Å². The summed E-state index contributed by atoms with van der Waals surface area (Å²) in [5.41, 5.74) is 3.87. The summed E-state index contributed by atoms with van der Waals surface area (Å²) in [6, 6.07) is 8.18. The van der Waals surface area contributed by atoms with Crippen molar-refractivity contribution in [2.45, 2.75) is 51.0 Å². The fourth-order valence-electron chi connectivity index (χ4n) is 5.29. The van der Waals surface area contributed by atoms with Crippen molar-refractivity contribution >= 4 is 22.4 Å². The second kappa shape index (κ2) is 3.95. The maximum absolute atomic E-state index is 13.3. The van der Waals surface area contributed by atoms with Crippen LogP contribution in [0.15, 0.2) is 29.3 Å². The molecule has 1 fully saturated rings. The Labute approximate surface area is 136 Å². The van der Waals surface area contributed by atoms with Crippen LogP contribution < -0.4 is 0 Å². The Bertz CT molecular complexity index is 888. The van der Waals surface area contributed by atoms with Gasteiger partial charge >= 0.3 is 0 Å². The van der Waals surface area contributed by atoms with Gasteiger partial charge in [-0.3, -0.25) is 9.79 Å². The highest BCUT2D eigenvalue weighted by Crippen LogP contribution is 2.55. The van der Waals surface area contributed by atoms with Crippen molar-refractivity contribution in [2.75, 3.05) is 0 Å². The van der Waals surface area contributed by atoms with Gasteiger partial charge in [0.1, 0.15) is 0 Å². The van der Waals surface area contributed by atoms with E-state index in [4.69, 9.17) is 4.99 Å². The predicted molar refractivity (Wildman–Crippen MR) is 92.3 cm³/mol. The molecular weight excluding hydrogens is 284 g/mol. The molecule has 2 aromatic rings. The van der Waals surface area contributed by atoms with Gasteiger partial charge in [0.05, 0.1) is 16.8 Å². The molecule has 0 spiro atoms. The highest BCUT2D eigenvalue weighted by molar-refractivity contribution is 6.50. The number of rotatable bonds is 0. The number of Topliss-reactive ketones (excluding diaryl/α,β-unsaturated/α-hetero) is 1. The van der Waals surface area contributed by atoms with E-state index in [0.29, 0.717) is 5.92 Å². The van der Waals surface area contributed by atoms with Crippen LogP contribution in [-0.4, -0.2) is 22.0 Å². The maximum Gasteiger partial charge on any atom is 0.209 e. The molecule has 1 aromatic carbocycles. The van der Waals surface area contributed by atoms with E-state index in [-0.39, 0.29) is 22.7 Å². The van der Waals surface area contributed by atoms with Gasteiger partial charge in [-0.15, -0.1) is 0 Å². The number of hydrogen-bond acceptors (Lipinski definition) is 2. The first-order chi connectivity index (χ1) is 10.9. The first kappa shape index (κ1) is 13.5. The van der Waals surface area contributed by atoms with Gasteiger partial charge < -0.3 is 4.98 Å². The highest BCUT2D eigenvalue weighted by Gasteiger charge is 2.56. The Morgan fingerprint density at radius 2 is 2.00 bits per heavy atom. The van der Waals surface area contributed by atoms with Gasteiger partial charge in [0.2, 0.25) is 5.78 Å². The maximum atomic E-state index is 13.3. The van der Waals surface area contributed by atoms with Crippen molar-refractivity contribution in [2.24, 2.45) is 16.8 Å². The zero-order valence-corrected chi connectivity index (χ0v) is 13.9. The molecule has 118 valence electrons. The number of carbonyl (C=O) groups excluding carboxylic acids is 1. The third-order valence-corrected chi connectivity index (χ3v) is 6.78. The number of ketones is 1. The van der Waals surface area contributed by atoms with E-state index in [1.807, 2.05) is 12.1 Å². The van der Waals surface area contributed by atoms with E-state index in [2.05, 4.69) is 37.9 Å². The standard InChI is InChI=1S/C20H22N2O/c1-19(2)11-8-9-20(3)13(10-11)16(22-19)17(23)15-12-6-4-5-7-14(12)21-18(15)20/h4-7,11,13,21H,8-10H2,1-3H3/t11-,13+,20+/m0/s1. The summed E-state index contributed by atoms with van der Waals surface area (Å²) in [6.45, 7) is 6.73. The normalized spacial score (nSPS) is 34.2. The average molecular weight is 306 g/mol. The van der Waals surface area contributed by atoms with Crippen LogP contribution in [0.2, 0.25) is 0 Å². The lowest BCUT2D eigenvalue weighted by Gasteiger charge is -2.53. The van der Waals surface area contributed by atoms with Gasteiger partial charge in [0, 0.05) is 27.9 Å². The van der Waals surface area contributed by atoms with E-state index in [9.17, 15) is 4.79 Å². The summed E-state index contributed by atoms with van der Waals surface area (Å²) in [5.74, 6) is 1.04. The van der Waals surface area contributed by atoms with Crippen LogP contribution in [0, 0.1) is 11.8 Å². The van der Waals surface area contributed by atoms with Crippen molar-refractivity contribution in [3.8, 4) is 0 Å². The smallest absolute Gasteiger partial charge is 0.209 e.